The molecule has 0 aliphatic heterocycles. The topological polar surface area (TPSA) is 40.5 Å². The van der Waals surface area contributed by atoms with Crippen molar-refractivity contribution in [1.29, 1.82) is 0 Å². The van der Waals surface area contributed by atoms with Crippen LogP contribution in [-0.4, -0.2) is 35.6 Å². The molecule has 0 bridgehead atoms. The maximum absolute atomic E-state index is 12.7. The van der Waals surface area contributed by atoms with E-state index in [0.717, 1.165) is 24.0 Å². The first-order chi connectivity index (χ1) is 10.1. The lowest BCUT2D eigenvalue weighted by Gasteiger charge is -2.25. The van der Waals surface area contributed by atoms with Crippen LogP contribution >= 0.6 is 0 Å². The van der Waals surface area contributed by atoms with Gasteiger partial charge < -0.3 is 10.0 Å². The number of benzene rings is 1. The Hall–Kier alpha value is -1.79. The molecular weight excluding hydrogens is 262 g/mol. The number of amides is 1. The molecule has 0 unspecified atom stereocenters. The van der Waals surface area contributed by atoms with E-state index in [1.807, 2.05) is 37.1 Å². The number of aryl methyl sites for hydroxylation is 1. The number of aliphatic hydroxyl groups is 1. The maximum atomic E-state index is 12.7. The van der Waals surface area contributed by atoms with E-state index in [9.17, 15) is 4.79 Å². The van der Waals surface area contributed by atoms with Crippen molar-refractivity contribution in [2.24, 2.45) is 0 Å². The van der Waals surface area contributed by atoms with Gasteiger partial charge in [0.25, 0.3) is 5.91 Å². The van der Waals surface area contributed by atoms with Crippen LogP contribution in [0.5, 0.6) is 0 Å². The second-order valence-electron chi connectivity index (χ2n) is 5.68. The van der Waals surface area contributed by atoms with Gasteiger partial charge in [-0.05, 0) is 37.5 Å². The number of rotatable bonds is 3. The summed E-state index contributed by atoms with van der Waals surface area (Å²) in [4.78, 5) is 14.6. The Labute approximate surface area is 127 Å². The van der Waals surface area contributed by atoms with Crippen LogP contribution in [0.2, 0.25) is 0 Å². The number of aliphatic hydroxyl groups excluding tert-OH is 1. The summed E-state index contributed by atoms with van der Waals surface area (Å²) in [6.07, 6.45) is 5.04. The van der Waals surface area contributed by atoms with Crippen LogP contribution in [0, 0.1) is 18.8 Å². The second kappa shape index (κ2) is 7.28. The molecule has 3 nitrogen and oxygen atoms in total. The Morgan fingerprint density at radius 1 is 1.38 bits per heavy atom. The van der Waals surface area contributed by atoms with E-state index in [0.29, 0.717) is 18.0 Å². The lowest BCUT2D eigenvalue weighted by Crippen LogP contribution is -2.35. The maximum Gasteiger partial charge on any atom is 0.255 e. The minimum Gasteiger partial charge on any atom is -0.395 e. The molecule has 112 valence electrons. The molecule has 3 heteroatoms. The summed E-state index contributed by atoms with van der Waals surface area (Å²) in [7, 11) is 1.89. The van der Waals surface area contributed by atoms with Crippen LogP contribution in [0.1, 0.15) is 53.6 Å². The van der Waals surface area contributed by atoms with E-state index in [1.165, 1.54) is 12.8 Å². The van der Waals surface area contributed by atoms with E-state index in [2.05, 4.69) is 11.8 Å². The third kappa shape index (κ3) is 3.86. The van der Waals surface area contributed by atoms with Gasteiger partial charge in [0.2, 0.25) is 0 Å². The van der Waals surface area contributed by atoms with Gasteiger partial charge in [0.05, 0.1) is 12.2 Å². The van der Waals surface area contributed by atoms with Crippen LogP contribution in [0.25, 0.3) is 0 Å². The molecule has 0 spiro atoms. The molecule has 21 heavy (non-hydrogen) atoms. The summed E-state index contributed by atoms with van der Waals surface area (Å²) in [6, 6.07) is 6.12. The number of nitrogens with zero attached hydrogens (tertiary/aromatic N) is 1. The number of carbonyl (C=O) groups is 1. The van der Waals surface area contributed by atoms with Gasteiger partial charge in [0.15, 0.2) is 0 Å². The van der Waals surface area contributed by atoms with Crippen molar-refractivity contribution >= 4 is 5.91 Å². The molecule has 1 fully saturated rings. The van der Waals surface area contributed by atoms with Crippen LogP contribution in [-0.2, 0) is 0 Å². The molecule has 0 saturated heterocycles. The minimum atomic E-state index is 0.0457. The molecule has 0 radical (unpaired) electrons. The van der Waals surface area contributed by atoms with Crippen LogP contribution in [0.15, 0.2) is 18.2 Å². The zero-order valence-electron chi connectivity index (χ0n) is 12.9. The molecule has 1 amide bonds. The lowest BCUT2D eigenvalue weighted by atomic mass is 10.0. The Morgan fingerprint density at radius 2 is 2.10 bits per heavy atom. The molecule has 1 aliphatic rings. The van der Waals surface area contributed by atoms with Crippen molar-refractivity contribution in [3.05, 3.63) is 34.9 Å². The molecule has 0 heterocycles. The predicted octanol–water partition coefficient (Wildman–Crippen LogP) is 2.74. The average Bonchev–Trinajstić information content (AvgIpc) is 3.00. The van der Waals surface area contributed by atoms with Crippen molar-refractivity contribution in [1.82, 2.24) is 4.90 Å². The zero-order valence-corrected chi connectivity index (χ0v) is 12.9. The molecule has 1 N–H and O–H groups in total. The van der Waals surface area contributed by atoms with Crippen molar-refractivity contribution < 1.29 is 9.90 Å². The van der Waals surface area contributed by atoms with Crippen molar-refractivity contribution in [2.75, 3.05) is 13.7 Å². The summed E-state index contributed by atoms with van der Waals surface area (Å²) < 4.78 is 0. The highest BCUT2D eigenvalue weighted by Crippen LogP contribution is 2.24. The summed E-state index contributed by atoms with van der Waals surface area (Å²) in [5.74, 6) is 5.99. The van der Waals surface area contributed by atoms with Crippen LogP contribution in [0.3, 0.4) is 0 Å². The third-order valence-electron chi connectivity index (χ3n) is 4.06. The summed E-state index contributed by atoms with van der Waals surface area (Å²) in [6.45, 7) is 2.04. The van der Waals surface area contributed by atoms with E-state index >= 15 is 0 Å². The first-order valence-corrected chi connectivity index (χ1v) is 7.61. The summed E-state index contributed by atoms with van der Waals surface area (Å²) in [5.41, 5.74) is 2.52. The Bertz CT molecular complexity index is 562. The van der Waals surface area contributed by atoms with Crippen LogP contribution in [0.4, 0.5) is 0 Å². The Morgan fingerprint density at radius 3 is 2.76 bits per heavy atom. The second-order valence-corrected chi connectivity index (χ2v) is 5.68. The molecule has 1 aliphatic carbocycles. The van der Waals surface area contributed by atoms with Crippen molar-refractivity contribution in [2.45, 2.75) is 45.1 Å². The molecule has 2 rings (SSSR count). The quantitative estimate of drug-likeness (QED) is 0.868. The fourth-order valence-electron chi connectivity index (χ4n) is 2.81. The highest BCUT2D eigenvalue weighted by atomic mass is 16.2. The van der Waals surface area contributed by atoms with Crippen LogP contribution < -0.4 is 0 Å². The van der Waals surface area contributed by atoms with Gasteiger partial charge in [0.1, 0.15) is 0 Å². The van der Waals surface area contributed by atoms with Gasteiger partial charge in [-0.15, -0.1) is 0 Å². The number of carbonyl (C=O) groups excluding carboxylic acids is 1. The third-order valence-corrected chi connectivity index (χ3v) is 4.06. The monoisotopic (exact) mass is 285 g/mol. The standard InChI is InChI=1S/C18H23NO2/c1-14-10-11-17(15(13-14)7-5-6-12-20)18(21)19(2)16-8-3-4-9-16/h10-11,13,16,20H,3-4,6,8-9,12H2,1-2H3. The molecule has 0 atom stereocenters. The zero-order chi connectivity index (χ0) is 15.2. The number of hydrogen-bond acceptors (Lipinski definition) is 2. The highest BCUT2D eigenvalue weighted by molar-refractivity contribution is 5.97. The first-order valence-electron chi connectivity index (χ1n) is 7.61. The predicted molar refractivity (Wildman–Crippen MR) is 84.1 cm³/mol. The van der Waals surface area contributed by atoms with Gasteiger partial charge in [-0.1, -0.05) is 30.7 Å². The van der Waals surface area contributed by atoms with E-state index < -0.39 is 0 Å². The van der Waals surface area contributed by atoms with E-state index in [1.54, 1.807) is 0 Å². The minimum absolute atomic E-state index is 0.0457. The Kier molecular flexibility index (Phi) is 5.41. The van der Waals surface area contributed by atoms with Crippen molar-refractivity contribution in [3.63, 3.8) is 0 Å². The highest BCUT2D eigenvalue weighted by Gasteiger charge is 2.25. The molecule has 1 aromatic carbocycles. The first kappa shape index (κ1) is 15.6. The molecular formula is C18H23NO2. The fraction of sp³-hybridized carbons (Fsp3) is 0.500. The lowest BCUT2D eigenvalue weighted by molar-refractivity contribution is 0.0735. The van der Waals surface area contributed by atoms with Gasteiger partial charge in [-0.3, -0.25) is 4.79 Å². The summed E-state index contributed by atoms with van der Waals surface area (Å²) in [5, 5.41) is 8.83. The van der Waals surface area contributed by atoms with E-state index in [-0.39, 0.29) is 12.5 Å². The average molecular weight is 285 g/mol. The van der Waals surface area contributed by atoms with Gasteiger partial charge in [0, 0.05) is 25.1 Å². The van der Waals surface area contributed by atoms with Gasteiger partial charge >= 0.3 is 0 Å². The van der Waals surface area contributed by atoms with Gasteiger partial charge in [-0.2, -0.15) is 0 Å². The molecule has 1 saturated carbocycles. The molecule has 1 aromatic rings. The number of hydrogen-bond donors (Lipinski definition) is 1. The Balaban J connectivity index is 2.25. The largest absolute Gasteiger partial charge is 0.395 e. The van der Waals surface area contributed by atoms with Gasteiger partial charge in [-0.25, -0.2) is 0 Å². The molecule has 0 aromatic heterocycles. The summed E-state index contributed by atoms with van der Waals surface area (Å²) >= 11 is 0. The SMILES string of the molecule is Cc1ccc(C(=O)N(C)C2CCCC2)c(C#CCCO)c1. The van der Waals surface area contributed by atoms with E-state index in [4.69, 9.17) is 5.11 Å². The smallest absolute Gasteiger partial charge is 0.255 e. The normalized spacial score (nSPS) is 14.6. The fourth-order valence-corrected chi connectivity index (χ4v) is 2.81. The van der Waals surface area contributed by atoms with Crippen molar-refractivity contribution in [3.8, 4) is 11.8 Å².